The number of fused-ring (bicyclic) bond motifs is 2. The van der Waals surface area contributed by atoms with Crippen LogP contribution in [-0.2, 0) is 49.7 Å². The molecule has 0 radical (unpaired) electrons. The molecule has 4 atom stereocenters. The number of nitrogens with zero attached hydrogens (tertiary/aromatic N) is 8. The average Bonchev–Trinajstić information content (AvgIpc) is 4.54. The van der Waals surface area contributed by atoms with Crippen LogP contribution in [0.2, 0.25) is 0 Å². The normalized spacial score (nSPS) is 16.4. The highest BCUT2D eigenvalue weighted by Gasteiger charge is 2.35. The number of hydrogen-bond acceptors (Lipinski definition) is 15. The smallest absolute Gasteiger partial charge is 0.346 e. The minimum absolute atomic E-state index is 0.000326. The average molecular weight is 1200 g/mol. The SMILES string of the molecule is COC[C@H]1COC[C@H]1n1c(Cc2cc(F)c(-c3cccc(OCc4ccc(C#N)cc4)n3)cc2F)nc2ccc(C(=O)OC(=O)c3ccc4nc(Cc5cc(F)c(-c6cccc(OCc7ccc(C#N)cc7)n6)cc5F)n([C@@H]5COC[C@@H]5COC)c4c3)cc21. The molecule has 0 bridgehead atoms. The standard InChI is InChI=1S/C68H54F4N8O9/c1-83-33-47-35-85-37-61(47)79-59-23-43(17-19-57(59)75-63(79)25-45-21-53(71)49(27-51(45)69)55-5-3-7-65(77-55)87-31-41-13-9-39(29-73)10-14-41)67(81)89-68(82)44-18-20-58-60(24-44)80(62-38-86-36-48(62)34-84-2)64(76-58)26-46-22-54(72)50(28-52(46)70)56-6-4-8-66(78-56)88-32-42-15-11-40(30-74)12-16-42/h3-24,27-28,47-48,61-62H,25-26,31-38H2,1-2H3/t47-,48-,61+,62+/m0/s1. The van der Waals surface area contributed by atoms with Crippen molar-refractivity contribution in [1.82, 2.24) is 29.1 Å². The van der Waals surface area contributed by atoms with Gasteiger partial charge in [-0.05, 0) is 119 Å². The number of ether oxygens (including phenoxy) is 7. The van der Waals surface area contributed by atoms with Crippen LogP contribution < -0.4 is 9.47 Å². The molecule has 21 heteroatoms. The Morgan fingerprint density at radius 3 is 1.36 bits per heavy atom. The first-order chi connectivity index (χ1) is 43.3. The highest BCUT2D eigenvalue weighted by molar-refractivity contribution is 6.05. The van der Waals surface area contributed by atoms with Gasteiger partial charge in [-0.25, -0.2) is 47.1 Å². The van der Waals surface area contributed by atoms with Crippen LogP contribution in [0.25, 0.3) is 44.6 Å². The summed E-state index contributed by atoms with van der Waals surface area (Å²) in [6, 6.07) is 40.1. The van der Waals surface area contributed by atoms with E-state index in [1.807, 2.05) is 9.13 Å². The first-order valence-electron chi connectivity index (χ1n) is 28.4. The maximum atomic E-state index is 16.3. The van der Waals surface area contributed by atoms with E-state index in [0.29, 0.717) is 71.3 Å². The predicted octanol–water partition coefficient (Wildman–Crippen LogP) is 11.8. The molecule has 4 aromatic heterocycles. The number of benzene rings is 6. The lowest BCUT2D eigenvalue weighted by molar-refractivity contribution is 0.0397. The van der Waals surface area contributed by atoms with E-state index in [4.69, 9.17) is 53.6 Å². The molecule has 0 amide bonds. The van der Waals surface area contributed by atoms with E-state index in [1.165, 1.54) is 24.3 Å². The van der Waals surface area contributed by atoms with E-state index < -0.39 is 47.3 Å². The number of hydrogen-bond donors (Lipinski definition) is 0. The molecule has 2 fully saturated rings. The van der Waals surface area contributed by atoms with Crippen LogP contribution in [0.1, 0.15) is 77.8 Å². The molecule has 10 aromatic rings. The Balaban J connectivity index is 0.794. The van der Waals surface area contributed by atoms with Crippen LogP contribution in [0.4, 0.5) is 17.6 Å². The number of pyridine rings is 2. The summed E-state index contributed by atoms with van der Waals surface area (Å²) in [4.78, 5) is 46.9. The van der Waals surface area contributed by atoms with Gasteiger partial charge in [0.2, 0.25) is 11.8 Å². The molecule has 2 aliphatic rings. The quantitative estimate of drug-likeness (QED) is 0.0395. The first-order valence-corrected chi connectivity index (χ1v) is 28.4. The second-order valence-corrected chi connectivity index (χ2v) is 21.6. The van der Waals surface area contributed by atoms with Gasteiger partial charge in [-0.2, -0.15) is 10.5 Å². The van der Waals surface area contributed by atoms with Crippen molar-refractivity contribution in [3.8, 4) is 46.4 Å². The third-order valence-corrected chi connectivity index (χ3v) is 15.8. The lowest BCUT2D eigenvalue weighted by Crippen LogP contribution is -2.23. The number of imidazole rings is 2. The fraction of sp³-hybridized carbons (Fsp3) is 0.235. The number of methoxy groups -OCH3 is 2. The zero-order chi connectivity index (χ0) is 61.7. The van der Waals surface area contributed by atoms with Crippen LogP contribution in [0.3, 0.4) is 0 Å². The van der Waals surface area contributed by atoms with Crippen molar-refractivity contribution in [2.75, 3.05) is 53.9 Å². The summed E-state index contributed by atoms with van der Waals surface area (Å²) in [5.41, 5.74) is 4.41. The largest absolute Gasteiger partial charge is 0.473 e. The summed E-state index contributed by atoms with van der Waals surface area (Å²) in [5, 5.41) is 18.3. The van der Waals surface area contributed by atoms with Crippen molar-refractivity contribution in [1.29, 1.82) is 10.5 Å². The zero-order valence-electron chi connectivity index (χ0n) is 48.0. The lowest BCUT2D eigenvalue weighted by atomic mass is 10.0. The predicted molar refractivity (Wildman–Crippen MR) is 315 cm³/mol. The number of halogens is 4. The van der Waals surface area contributed by atoms with Gasteiger partial charge in [0.15, 0.2) is 0 Å². The molecule has 0 saturated carbocycles. The van der Waals surface area contributed by atoms with Gasteiger partial charge < -0.3 is 42.3 Å². The molecule has 12 rings (SSSR count). The number of esters is 2. The Morgan fingerprint density at radius 1 is 0.528 bits per heavy atom. The van der Waals surface area contributed by atoms with Crippen LogP contribution >= 0.6 is 0 Å². The molecule has 448 valence electrons. The van der Waals surface area contributed by atoms with E-state index in [9.17, 15) is 9.59 Å². The molecule has 6 heterocycles. The molecule has 0 aliphatic carbocycles. The lowest BCUT2D eigenvalue weighted by Gasteiger charge is -2.22. The minimum atomic E-state index is -0.986. The maximum absolute atomic E-state index is 16.3. The van der Waals surface area contributed by atoms with E-state index in [1.54, 1.807) is 111 Å². The molecule has 0 unspecified atom stereocenters. The van der Waals surface area contributed by atoms with Gasteiger partial charge >= 0.3 is 11.9 Å². The molecular weight excluding hydrogens is 1150 g/mol. The van der Waals surface area contributed by atoms with Crippen LogP contribution in [-0.4, -0.2) is 94.9 Å². The summed E-state index contributed by atoms with van der Waals surface area (Å²) in [6.07, 6.45) is -0.336. The van der Waals surface area contributed by atoms with Gasteiger partial charge in [-0.15, -0.1) is 0 Å². The highest BCUT2D eigenvalue weighted by Crippen LogP contribution is 2.37. The van der Waals surface area contributed by atoms with E-state index >= 15 is 17.6 Å². The van der Waals surface area contributed by atoms with E-state index in [-0.39, 0.29) is 108 Å². The van der Waals surface area contributed by atoms with Gasteiger partial charge in [-0.3, -0.25) is 0 Å². The van der Waals surface area contributed by atoms with Crippen LogP contribution in [0.15, 0.2) is 146 Å². The van der Waals surface area contributed by atoms with Gasteiger partial charge in [0.25, 0.3) is 0 Å². The molecule has 2 saturated heterocycles. The Morgan fingerprint density at radius 2 is 0.955 bits per heavy atom. The molecular formula is C68H54F4N8O9. The number of carbonyl (C=O) groups excluding carboxylic acids is 2. The monoisotopic (exact) mass is 1200 g/mol. The Labute approximate surface area is 507 Å². The second-order valence-electron chi connectivity index (χ2n) is 21.6. The van der Waals surface area contributed by atoms with Gasteiger partial charge in [-0.1, -0.05) is 36.4 Å². The summed E-state index contributed by atoms with van der Waals surface area (Å²) in [7, 11) is 3.13. The van der Waals surface area contributed by atoms with Crippen molar-refractivity contribution < 1.29 is 60.3 Å². The number of rotatable bonds is 20. The third-order valence-electron chi connectivity index (χ3n) is 15.8. The Bertz CT molecular complexity index is 4130. The number of aromatic nitrogens is 6. The van der Waals surface area contributed by atoms with Gasteiger partial charge in [0.05, 0.1) is 120 Å². The molecule has 17 nitrogen and oxygen atoms in total. The molecule has 0 N–H and O–H groups in total. The fourth-order valence-electron chi connectivity index (χ4n) is 11.4. The maximum Gasteiger partial charge on any atom is 0.346 e. The number of carbonyl (C=O) groups is 2. The highest BCUT2D eigenvalue weighted by atomic mass is 19.1. The summed E-state index contributed by atoms with van der Waals surface area (Å²) in [6.45, 7) is 1.95. The number of nitriles is 2. The molecule has 89 heavy (non-hydrogen) atoms. The second kappa shape index (κ2) is 26.0. The molecule has 2 aliphatic heterocycles. The summed E-state index contributed by atoms with van der Waals surface area (Å²) >= 11 is 0. The minimum Gasteiger partial charge on any atom is -0.473 e. The fourth-order valence-corrected chi connectivity index (χ4v) is 11.4. The van der Waals surface area contributed by atoms with Crippen molar-refractivity contribution in [2.24, 2.45) is 11.8 Å². The van der Waals surface area contributed by atoms with Crippen LogP contribution in [0.5, 0.6) is 11.8 Å². The van der Waals surface area contributed by atoms with Crippen molar-refractivity contribution in [3.63, 3.8) is 0 Å². The Hall–Kier alpha value is -10.2. The topological polar surface area (TPSA) is 208 Å². The van der Waals surface area contributed by atoms with E-state index in [2.05, 4.69) is 22.1 Å². The molecule has 6 aromatic carbocycles. The summed E-state index contributed by atoms with van der Waals surface area (Å²) < 4.78 is 109. The van der Waals surface area contributed by atoms with Crippen molar-refractivity contribution >= 4 is 34.0 Å². The van der Waals surface area contributed by atoms with Gasteiger partial charge in [0.1, 0.15) is 48.1 Å². The zero-order valence-corrected chi connectivity index (χ0v) is 48.0. The third kappa shape index (κ3) is 12.7. The van der Waals surface area contributed by atoms with Gasteiger partial charge in [0, 0.05) is 62.2 Å². The summed E-state index contributed by atoms with van der Waals surface area (Å²) in [5.74, 6) is -4.20. The van der Waals surface area contributed by atoms with E-state index in [0.717, 1.165) is 35.4 Å². The van der Waals surface area contributed by atoms with Crippen molar-refractivity contribution in [3.05, 3.63) is 225 Å². The van der Waals surface area contributed by atoms with Crippen LogP contribution in [0, 0.1) is 57.8 Å². The molecule has 0 spiro atoms. The first kappa shape index (κ1) is 59.2. The van der Waals surface area contributed by atoms with Crippen molar-refractivity contribution in [2.45, 2.75) is 38.1 Å². The Kier molecular flexibility index (Phi) is 17.3.